The van der Waals surface area contributed by atoms with Crippen LogP contribution >= 0.6 is 0 Å². The molecule has 0 fully saturated rings. The molecule has 0 spiro atoms. The second-order valence-electron chi connectivity index (χ2n) is 4.44. The number of hydrogen-bond acceptors (Lipinski definition) is 2. The van der Waals surface area contributed by atoms with Crippen molar-refractivity contribution in [2.24, 2.45) is 0 Å². The zero-order valence-corrected chi connectivity index (χ0v) is 10.7. The number of carbonyl (C=O) groups excluding carboxylic acids is 1. The van der Waals surface area contributed by atoms with E-state index in [1.807, 2.05) is 31.2 Å². The first-order valence-corrected chi connectivity index (χ1v) is 6.10. The van der Waals surface area contributed by atoms with Gasteiger partial charge in [-0.25, -0.2) is 0 Å². The molecule has 1 N–H and O–H groups in total. The molecule has 0 aliphatic rings. The molecule has 3 heteroatoms. The molecular formula is C15H17NO2. The Balaban J connectivity index is 2.44. The van der Waals surface area contributed by atoms with Crippen molar-refractivity contribution in [3.63, 3.8) is 0 Å². The fourth-order valence-electron chi connectivity index (χ4n) is 2.04. The Labute approximate surface area is 107 Å². The van der Waals surface area contributed by atoms with E-state index < -0.39 is 0 Å². The van der Waals surface area contributed by atoms with Crippen molar-refractivity contribution in [2.45, 2.75) is 13.3 Å². The van der Waals surface area contributed by atoms with Gasteiger partial charge in [0.1, 0.15) is 5.75 Å². The van der Waals surface area contributed by atoms with E-state index >= 15 is 0 Å². The van der Waals surface area contributed by atoms with Gasteiger partial charge in [-0.3, -0.25) is 4.79 Å². The van der Waals surface area contributed by atoms with Crippen LogP contribution in [-0.2, 0) is 0 Å². The predicted molar refractivity (Wildman–Crippen MR) is 72.9 cm³/mol. The highest BCUT2D eigenvalue weighted by molar-refractivity contribution is 6.01. The Hall–Kier alpha value is -2.03. The van der Waals surface area contributed by atoms with Gasteiger partial charge in [0.05, 0.1) is 5.56 Å². The molecule has 0 atom stereocenters. The summed E-state index contributed by atoms with van der Waals surface area (Å²) in [5.74, 6) is -0.0956. The number of nitrogens with zero attached hydrogens (tertiary/aromatic N) is 1. The molecule has 2 aromatic carbocycles. The van der Waals surface area contributed by atoms with Crippen LogP contribution in [0.1, 0.15) is 23.7 Å². The number of aromatic hydroxyl groups is 1. The van der Waals surface area contributed by atoms with Gasteiger partial charge in [-0.05, 0) is 29.3 Å². The molecule has 2 aromatic rings. The Bertz CT molecular complexity index is 578. The lowest BCUT2D eigenvalue weighted by molar-refractivity contribution is 0.0792. The zero-order chi connectivity index (χ0) is 13.1. The number of phenolic OH excluding ortho intramolecular Hbond substituents is 1. The predicted octanol–water partition coefficient (Wildman–Crippen LogP) is 3.03. The Morgan fingerprint density at radius 2 is 1.83 bits per heavy atom. The maximum Gasteiger partial charge on any atom is 0.257 e. The second-order valence-corrected chi connectivity index (χ2v) is 4.44. The van der Waals surface area contributed by atoms with E-state index in [-0.39, 0.29) is 11.7 Å². The van der Waals surface area contributed by atoms with Crippen LogP contribution in [0.15, 0.2) is 36.4 Å². The molecule has 0 radical (unpaired) electrons. The highest BCUT2D eigenvalue weighted by Crippen LogP contribution is 2.25. The summed E-state index contributed by atoms with van der Waals surface area (Å²) in [6, 6.07) is 11.1. The van der Waals surface area contributed by atoms with Gasteiger partial charge in [-0.1, -0.05) is 31.2 Å². The molecule has 1 amide bonds. The summed E-state index contributed by atoms with van der Waals surface area (Å²) < 4.78 is 0. The summed E-state index contributed by atoms with van der Waals surface area (Å²) in [6.45, 7) is 2.70. The minimum absolute atomic E-state index is 0.0432. The third kappa shape index (κ3) is 2.30. The van der Waals surface area contributed by atoms with Gasteiger partial charge in [0.15, 0.2) is 0 Å². The second kappa shape index (κ2) is 5.08. The van der Waals surface area contributed by atoms with Crippen molar-refractivity contribution in [3.8, 4) is 5.75 Å². The quantitative estimate of drug-likeness (QED) is 0.900. The number of fused-ring (bicyclic) bond motifs is 1. The summed E-state index contributed by atoms with van der Waals surface area (Å²) >= 11 is 0. The van der Waals surface area contributed by atoms with Crippen molar-refractivity contribution in [1.29, 1.82) is 0 Å². The highest BCUT2D eigenvalue weighted by atomic mass is 16.3. The molecule has 18 heavy (non-hydrogen) atoms. The number of rotatable bonds is 3. The number of hydrogen-bond donors (Lipinski definition) is 1. The minimum atomic E-state index is -0.139. The average Bonchev–Trinajstić information content (AvgIpc) is 2.37. The van der Waals surface area contributed by atoms with Crippen molar-refractivity contribution in [2.75, 3.05) is 13.6 Å². The first-order chi connectivity index (χ1) is 8.63. The van der Waals surface area contributed by atoms with Crippen LogP contribution in [0.4, 0.5) is 0 Å². The molecule has 0 aliphatic heterocycles. The van der Waals surface area contributed by atoms with Crippen LogP contribution in [-0.4, -0.2) is 29.5 Å². The van der Waals surface area contributed by atoms with Gasteiger partial charge in [0.25, 0.3) is 5.91 Å². The van der Waals surface area contributed by atoms with Crippen LogP contribution in [0, 0.1) is 0 Å². The highest BCUT2D eigenvalue weighted by Gasteiger charge is 2.15. The fourth-order valence-corrected chi connectivity index (χ4v) is 2.04. The first-order valence-electron chi connectivity index (χ1n) is 6.10. The monoisotopic (exact) mass is 243 g/mol. The summed E-state index contributed by atoms with van der Waals surface area (Å²) in [6.07, 6.45) is 0.899. The van der Waals surface area contributed by atoms with Crippen LogP contribution in [0.2, 0.25) is 0 Å². The molecule has 0 saturated heterocycles. The number of phenols is 1. The van der Waals surface area contributed by atoms with Crippen molar-refractivity contribution in [1.82, 2.24) is 4.90 Å². The molecule has 0 aliphatic carbocycles. The van der Waals surface area contributed by atoms with Gasteiger partial charge in [-0.2, -0.15) is 0 Å². The third-order valence-corrected chi connectivity index (χ3v) is 3.00. The fraction of sp³-hybridized carbons (Fsp3) is 0.267. The largest absolute Gasteiger partial charge is 0.507 e. The topological polar surface area (TPSA) is 40.5 Å². The molecule has 94 valence electrons. The molecule has 2 rings (SSSR count). The minimum Gasteiger partial charge on any atom is -0.507 e. The SMILES string of the molecule is CCCN(C)C(=O)c1cc2ccccc2cc1O. The van der Waals surface area contributed by atoms with Gasteiger partial charge >= 0.3 is 0 Å². The number of benzene rings is 2. The summed E-state index contributed by atoms with van der Waals surface area (Å²) in [5, 5.41) is 11.8. The lowest BCUT2D eigenvalue weighted by Gasteiger charge is -2.17. The molecule has 0 heterocycles. The van der Waals surface area contributed by atoms with Gasteiger partial charge in [0, 0.05) is 13.6 Å². The smallest absolute Gasteiger partial charge is 0.257 e. The maximum atomic E-state index is 12.2. The van der Waals surface area contributed by atoms with Crippen LogP contribution in [0.3, 0.4) is 0 Å². The molecule has 0 aromatic heterocycles. The van der Waals surface area contributed by atoms with E-state index in [9.17, 15) is 9.90 Å². The van der Waals surface area contributed by atoms with Gasteiger partial charge in [-0.15, -0.1) is 0 Å². The first kappa shape index (κ1) is 12.4. The van der Waals surface area contributed by atoms with Gasteiger partial charge < -0.3 is 10.0 Å². The average molecular weight is 243 g/mol. The number of carbonyl (C=O) groups is 1. The van der Waals surface area contributed by atoms with E-state index in [2.05, 4.69) is 0 Å². The Morgan fingerprint density at radius 3 is 2.44 bits per heavy atom. The standard InChI is InChI=1S/C15H17NO2/c1-3-8-16(2)15(18)13-9-11-6-4-5-7-12(11)10-14(13)17/h4-7,9-10,17H,3,8H2,1-2H3. The summed E-state index contributed by atoms with van der Waals surface area (Å²) in [4.78, 5) is 13.8. The van der Waals surface area contributed by atoms with Gasteiger partial charge in [0.2, 0.25) is 0 Å². The van der Waals surface area contributed by atoms with Crippen molar-refractivity contribution >= 4 is 16.7 Å². The van der Waals surface area contributed by atoms with Crippen LogP contribution in [0.25, 0.3) is 10.8 Å². The zero-order valence-electron chi connectivity index (χ0n) is 10.7. The summed E-state index contributed by atoms with van der Waals surface area (Å²) in [5.41, 5.74) is 0.365. The van der Waals surface area contributed by atoms with Crippen LogP contribution in [0.5, 0.6) is 5.75 Å². The van der Waals surface area contributed by atoms with Crippen molar-refractivity contribution in [3.05, 3.63) is 42.0 Å². The molecule has 3 nitrogen and oxygen atoms in total. The van der Waals surface area contributed by atoms with E-state index in [1.54, 1.807) is 24.1 Å². The Kier molecular flexibility index (Phi) is 3.51. The third-order valence-electron chi connectivity index (χ3n) is 3.00. The molecular weight excluding hydrogens is 226 g/mol. The lowest BCUT2D eigenvalue weighted by Crippen LogP contribution is -2.27. The summed E-state index contributed by atoms with van der Waals surface area (Å²) in [7, 11) is 1.75. The van der Waals surface area contributed by atoms with E-state index in [4.69, 9.17) is 0 Å². The van der Waals surface area contributed by atoms with E-state index in [0.29, 0.717) is 12.1 Å². The lowest BCUT2D eigenvalue weighted by atomic mass is 10.1. The van der Waals surface area contributed by atoms with E-state index in [0.717, 1.165) is 17.2 Å². The molecule has 0 saturated carbocycles. The number of amides is 1. The Morgan fingerprint density at radius 1 is 1.22 bits per heavy atom. The van der Waals surface area contributed by atoms with E-state index in [1.165, 1.54) is 0 Å². The molecule has 0 bridgehead atoms. The normalized spacial score (nSPS) is 10.6. The van der Waals surface area contributed by atoms with Crippen LogP contribution < -0.4 is 0 Å². The molecule has 0 unspecified atom stereocenters. The maximum absolute atomic E-state index is 12.2. The van der Waals surface area contributed by atoms with Crippen molar-refractivity contribution < 1.29 is 9.90 Å².